The minimum absolute atomic E-state index is 0.00877. The van der Waals surface area contributed by atoms with Gasteiger partial charge in [0.2, 0.25) is 0 Å². The minimum atomic E-state index is -0.550. The van der Waals surface area contributed by atoms with E-state index < -0.39 is 11.6 Å². The fourth-order valence-corrected chi connectivity index (χ4v) is 4.28. The first-order valence-electron chi connectivity index (χ1n) is 10.0. The molecule has 3 rings (SSSR count). The first-order chi connectivity index (χ1) is 13.1. The van der Waals surface area contributed by atoms with Crippen LogP contribution in [0.3, 0.4) is 0 Å². The van der Waals surface area contributed by atoms with Crippen molar-refractivity contribution in [2.45, 2.75) is 57.2 Å². The molecule has 0 atom stereocenters. The molecule has 0 aromatic heterocycles. The van der Waals surface area contributed by atoms with E-state index in [1.54, 1.807) is 0 Å². The minimum Gasteiger partial charge on any atom is -0.396 e. The third-order valence-corrected chi connectivity index (χ3v) is 5.92. The number of allylic oxidation sites excluding steroid dienone is 1. The molecule has 1 aliphatic heterocycles. The number of hydrogen-bond acceptors (Lipinski definition) is 3. The molecule has 1 aromatic carbocycles. The number of aliphatic hydroxyl groups is 1. The highest BCUT2D eigenvalue weighted by molar-refractivity contribution is 5.29. The zero-order chi connectivity index (χ0) is 19.2. The Morgan fingerprint density at radius 1 is 1.07 bits per heavy atom. The first kappa shape index (κ1) is 20.4. The number of aliphatic hydroxyl groups excluding tert-OH is 1. The Bertz CT molecular complexity index is 595. The monoisotopic (exact) mass is 380 g/mol. The number of halogens is 2. The average Bonchev–Trinajstić information content (AvgIpc) is 2.69. The summed E-state index contributed by atoms with van der Waals surface area (Å²) in [7, 11) is 0. The zero-order valence-electron chi connectivity index (χ0n) is 15.8. The molecule has 2 fully saturated rings. The van der Waals surface area contributed by atoms with E-state index in [0.29, 0.717) is 11.8 Å². The molecule has 1 N–H and O–H groups in total. The molecular formula is C22H30F2O3. The molecule has 0 bridgehead atoms. The summed E-state index contributed by atoms with van der Waals surface area (Å²) in [6, 6.07) is 2.88. The van der Waals surface area contributed by atoms with Gasteiger partial charge in [0.1, 0.15) is 11.6 Å². The van der Waals surface area contributed by atoms with Gasteiger partial charge in [0.25, 0.3) is 0 Å². The summed E-state index contributed by atoms with van der Waals surface area (Å²) < 4.78 is 40.2. The Hall–Kier alpha value is -1.30. The third-order valence-electron chi connectivity index (χ3n) is 5.92. The van der Waals surface area contributed by atoms with Crippen molar-refractivity contribution in [1.82, 2.24) is 0 Å². The van der Waals surface area contributed by atoms with Gasteiger partial charge in [-0.1, -0.05) is 6.08 Å². The lowest BCUT2D eigenvalue weighted by Gasteiger charge is -2.37. The van der Waals surface area contributed by atoms with Crippen molar-refractivity contribution in [3.05, 3.63) is 47.5 Å². The molecule has 0 unspecified atom stereocenters. The fourth-order valence-electron chi connectivity index (χ4n) is 4.28. The summed E-state index contributed by atoms with van der Waals surface area (Å²) >= 11 is 0. The van der Waals surface area contributed by atoms with Crippen LogP contribution in [0.2, 0.25) is 0 Å². The van der Waals surface area contributed by atoms with E-state index in [-0.39, 0.29) is 30.8 Å². The third kappa shape index (κ3) is 5.15. The summed E-state index contributed by atoms with van der Waals surface area (Å²) in [6.45, 7) is 4.97. The van der Waals surface area contributed by atoms with Crippen molar-refractivity contribution < 1.29 is 23.4 Å². The van der Waals surface area contributed by atoms with Crippen LogP contribution in [-0.4, -0.2) is 31.2 Å². The lowest BCUT2D eigenvalue weighted by molar-refractivity contribution is -0.229. The van der Waals surface area contributed by atoms with E-state index in [0.717, 1.165) is 57.3 Å². The standard InChI is InChI=1S/C22H30F2O3/c1-2-3-4-15-13-26-22(27-14-15)17-7-5-16(6-8-17)18-11-20(23)19(9-10-25)21(24)12-18/h2,11-12,15-17,22,25H,1,3-10,13-14H2. The zero-order valence-corrected chi connectivity index (χ0v) is 15.8. The summed E-state index contributed by atoms with van der Waals surface area (Å²) in [5.74, 6) is -0.141. The van der Waals surface area contributed by atoms with E-state index in [4.69, 9.17) is 14.6 Å². The Kier molecular flexibility index (Phi) is 7.39. The van der Waals surface area contributed by atoms with Crippen molar-refractivity contribution in [3.63, 3.8) is 0 Å². The van der Waals surface area contributed by atoms with Gasteiger partial charge in [-0.25, -0.2) is 8.78 Å². The SMILES string of the molecule is C=CCCC1COC(C2CCC(c3cc(F)c(CCO)c(F)c3)CC2)OC1. The highest BCUT2D eigenvalue weighted by Gasteiger charge is 2.33. The first-order valence-corrected chi connectivity index (χ1v) is 10.0. The van der Waals surface area contributed by atoms with Crippen molar-refractivity contribution in [2.24, 2.45) is 11.8 Å². The maximum atomic E-state index is 14.1. The molecule has 3 nitrogen and oxygen atoms in total. The predicted octanol–water partition coefficient (Wildman–Crippen LogP) is 4.73. The van der Waals surface area contributed by atoms with Gasteiger partial charge in [-0.05, 0) is 62.1 Å². The molecule has 27 heavy (non-hydrogen) atoms. The second-order valence-corrected chi connectivity index (χ2v) is 7.82. The topological polar surface area (TPSA) is 38.7 Å². The van der Waals surface area contributed by atoms with E-state index in [2.05, 4.69) is 6.58 Å². The molecule has 1 heterocycles. The maximum Gasteiger partial charge on any atom is 0.160 e. The van der Waals surface area contributed by atoms with Crippen LogP contribution in [0.25, 0.3) is 0 Å². The van der Waals surface area contributed by atoms with Crippen LogP contribution in [0, 0.1) is 23.5 Å². The van der Waals surface area contributed by atoms with E-state index >= 15 is 0 Å². The van der Waals surface area contributed by atoms with Gasteiger partial charge in [-0.2, -0.15) is 0 Å². The lowest BCUT2D eigenvalue weighted by atomic mass is 9.78. The molecule has 1 aliphatic carbocycles. The smallest absolute Gasteiger partial charge is 0.160 e. The van der Waals surface area contributed by atoms with Crippen molar-refractivity contribution in [3.8, 4) is 0 Å². The van der Waals surface area contributed by atoms with Crippen LogP contribution < -0.4 is 0 Å². The van der Waals surface area contributed by atoms with Gasteiger partial charge in [0, 0.05) is 30.4 Å². The molecule has 150 valence electrons. The Labute approximate surface area is 160 Å². The van der Waals surface area contributed by atoms with Gasteiger partial charge in [0.05, 0.1) is 13.2 Å². The number of rotatable bonds is 7. The Morgan fingerprint density at radius 3 is 2.26 bits per heavy atom. The largest absolute Gasteiger partial charge is 0.396 e. The van der Waals surface area contributed by atoms with Crippen LogP contribution in [0.1, 0.15) is 55.6 Å². The summed E-state index contributed by atoms with van der Waals surface area (Å²) in [4.78, 5) is 0. The van der Waals surface area contributed by atoms with Crippen molar-refractivity contribution >= 4 is 0 Å². The Morgan fingerprint density at radius 2 is 1.70 bits per heavy atom. The summed E-state index contributed by atoms with van der Waals surface area (Å²) in [5, 5.41) is 8.94. The quantitative estimate of drug-likeness (QED) is 0.695. The van der Waals surface area contributed by atoms with Crippen molar-refractivity contribution in [1.29, 1.82) is 0 Å². The van der Waals surface area contributed by atoms with Crippen LogP contribution in [0.4, 0.5) is 8.78 Å². The second kappa shape index (κ2) is 9.76. The maximum absolute atomic E-state index is 14.1. The van der Waals surface area contributed by atoms with E-state index in [9.17, 15) is 8.78 Å². The average molecular weight is 380 g/mol. The molecule has 0 spiro atoms. The summed E-state index contributed by atoms with van der Waals surface area (Å²) in [6.07, 6.45) is 7.46. The van der Waals surface area contributed by atoms with E-state index in [1.165, 1.54) is 12.1 Å². The number of hydrogen-bond donors (Lipinski definition) is 1. The molecule has 1 saturated heterocycles. The van der Waals surface area contributed by atoms with Crippen LogP contribution in [0.5, 0.6) is 0 Å². The van der Waals surface area contributed by atoms with Crippen LogP contribution in [0.15, 0.2) is 24.8 Å². The Balaban J connectivity index is 1.51. The van der Waals surface area contributed by atoms with Gasteiger partial charge in [0.15, 0.2) is 6.29 Å². The molecule has 0 radical (unpaired) electrons. The second-order valence-electron chi connectivity index (χ2n) is 7.82. The lowest BCUT2D eigenvalue weighted by Crippen LogP contribution is -2.38. The number of benzene rings is 1. The van der Waals surface area contributed by atoms with Gasteiger partial charge < -0.3 is 14.6 Å². The summed E-state index contributed by atoms with van der Waals surface area (Å²) in [5.41, 5.74) is 0.699. The van der Waals surface area contributed by atoms with Gasteiger partial charge in [-0.15, -0.1) is 6.58 Å². The molecular weight excluding hydrogens is 350 g/mol. The van der Waals surface area contributed by atoms with Crippen LogP contribution >= 0.6 is 0 Å². The van der Waals surface area contributed by atoms with E-state index in [1.807, 2.05) is 6.08 Å². The fraction of sp³-hybridized carbons (Fsp3) is 0.636. The molecule has 5 heteroatoms. The van der Waals surface area contributed by atoms with Gasteiger partial charge >= 0.3 is 0 Å². The molecule has 1 saturated carbocycles. The highest BCUT2D eigenvalue weighted by Crippen LogP contribution is 2.39. The molecule has 1 aromatic rings. The van der Waals surface area contributed by atoms with Crippen molar-refractivity contribution in [2.75, 3.05) is 19.8 Å². The molecule has 2 aliphatic rings. The van der Waals surface area contributed by atoms with Crippen LogP contribution in [-0.2, 0) is 15.9 Å². The normalized spacial score (nSPS) is 28.9. The van der Waals surface area contributed by atoms with Gasteiger partial charge in [-0.3, -0.25) is 0 Å². The highest BCUT2D eigenvalue weighted by atomic mass is 19.1. The molecule has 0 amide bonds. The number of ether oxygens (including phenoxy) is 2. The predicted molar refractivity (Wildman–Crippen MR) is 100 cm³/mol.